The SMILES string of the molecule is CC(Nc1ncnc(N)c1C#N)c1nc2cccc(Cl)c2c(=O)n1-c1ccon1. The Hall–Kier alpha value is -3.97. The van der Waals surface area contributed by atoms with Crippen LogP contribution in [0.1, 0.15) is 24.4 Å². The number of nitriles is 1. The lowest BCUT2D eigenvalue weighted by Crippen LogP contribution is -2.28. The molecule has 0 spiro atoms. The lowest BCUT2D eigenvalue weighted by atomic mass is 10.2. The maximum atomic E-state index is 13.2. The third kappa shape index (κ3) is 3.13. The molecule has 3 aromatic heterocycles. The molecule has 1 aromatic carbocycles. The number of nitrogens with one attached hydrogen (secondary N) is 1. The Balaban J connectivity index is 1.92. The van der Waals surface area contributed by atoms with Crippen LogP contribution in [0.3, 0.4) is 0 Å². The second-order valence-corrected chi connectivity index (χ2v) is 6.47. The van der Waals surface area contributed by atoms with Gasteiger partial charge in [0.2, 0.25) is 0 Å². The van der Waals surface area contributed by atoms with Gasteiger partial charge >= 0.3 is 0 Å². The lowest BCUT2D eigenvalue weighted by molar-refractivity contribution is 0.415. The molecule has 4 aromatic rings. The molecule has 0 aliphatic heterocycles. The van der Waals surface area contributed by atoms with Crippen LogP contribution in [0.15, 0.2) is 46.2 Å². The van der Waals surface area contributed by atoms with Crippen molar-refractivity contribution in [3.63, 3.8) is 0 Å². The Morgan fingerprint density at radius 1 is 1.34 bits per heavy atom. The van der Waals surface area contributed by atoms with Crippen molar-refractivity contribution in [2.75, 3.05) is 11.1 Å². The average molecular weight is 409 g/mol. The van der Waals surface area contributed by atoms with E-state index < -0.39 is 11.6 Å². The van der Waals surface area contributed by atoms with Crippen LogP contribution in [0.2, 0.25) is 5.02 Å². The molecule has 0 radical (unpaired) electrons. The molecule has 3 heterocycles. The van der Waals surface area contributed by atoms with Crippen LogP contribution >= 0.6 is 11.6 Å². The first-order valence-corrected chi connectivity index (χ1v) is 8.78. The highest BCUT2D eigenvalue weighted by Crippen LogP contribution is 2.25. The topological polar surface area (TPSA) is 149 Å². The molecular formula is C18H13ClN8O2. The van der Waals surface area contributed by atoms with Crippen LogP contribution in [-0.4, -0.2) is 24.7 Å². The van der Waals surface area contributed by atoms with Crippen molar-refractivity contribution in [3.8, 4) is 11.9 Å². The highest BCUT2D eigenvalue weighted by atomic mass is 35.5. The summed E-state index contributed by atoms with van der Waals surface area (Å²) in [5.74, 6) is 0.833. The molecule has 11 heteroatoms. The fourth-order valence-electron chi connectivity index (χ4n) is 2.93. The number of nitrogens with zero attached hydrogens (tertiary/aromatic N) is 6. The van der Waals surface area contributed by atoms with E-state index in [1.54, 1.807) is 25.1 Å². The standard InChI is InChI=1S/C18H13ClN8O2/c1-9(24-16-10(7-20)15(21)22-8-23-16)17-25-12-4-2-3-11(19)14(12)18(28)27(17)13-5-6-29-26-13/h2-6,8-9H,1H3,(H3,21,22,23,24). The van der Waals surface area contributed by atoms with E-state index in [9.17, 15) is 10.1 Å². The van der Waals surface area contributed by atoms with Gasteiger partial charge in [0.15, 0.2) is 5.82 Å². The molecular weight excluding hydrogens is 396 g/mol. The third-order valence-electron chi connectivity index (χ3n) is 4.25. The first kappa shape index (κ1) is 18.4. The van der Waals surface area contributed by atoms with Crippen LogP contribution in [-0.2, 0) is 0 Å². The largest absolute Gasteiger partial charge is 0.382 e. The molecule has 0 aliphatic rings. The van der Waals surface area contributed by atoms with Crippen molar-refractivity contribution in [1.82, 2.24) is 24.7 Å². The van der Waals surface area contributed by atoms with Gasteiger partial charge in [0, 0.05) is 6.07 Å². The van der Waals surface area contributed by atoms with Crippen LogP contribution in [0, 0.1) is 11.3 Å². The number of aromatic nitrogens is 5. The number of fused-ring (bicyclic) bond motifs is 1. The number of anilines is 2. The molecule has 3 N–H and O–H groups in total. The molecule has 0 saturated carbocycles. The molecule has 0 aliphatic carbocycles. The molecule has 0 bridgehead atoms. The van der Waals surface area contributed by atoms with Gasteiger partial charge in [-0.1, -0.05) is 22.8 Å². The van der Waals surface area contributed by atoms with Gasteiger partial charge in [-0.2, -0.15) is 5.26 Å². The van der Waals surface area contributed by atoms with Gasteiger partial charge in [0.25, 0.3) is 5.56 Å². The van der Waals surface area contributed by atoms with Crippen molar-refractivity contribution in [3.05, 3.63) is 63.6 Å². The molecule has 10 nitrogen and oxygen atoms in total. The first-order chi connectivity index (χ1) is 14.0. The van der Waals surface area contributed by atoms with Gasteiger partial charge in [0.05, 0.1) is 22.0 Å². The number of benzene rings is 1. The summed E-state index contributed by atoms with van der Waals surface area (Å²) in [6, 6.07) is 7.94. The summed E-state index contributed by atoms with van der Waals surface area (Å²) >= 11 is 6.23. The Labute approximate surface area is 168 Å². The molecule has 144 valence electrons. The van der Waals surface area contributed by atoms with Gasteiger partial charge in [-0.05, 0) is 19.1 Å². The quantitative estimate of drug-likeness (QED) is 0.519. The number of nitrogen functional groups attached to an aromatic ring is 1. The van der Waals surface area contributed by atoms with Crippen molar-refractivity contribution in [1.29, 1.82) is 5.26 Å². The Bertz CT molecular complexity index is 1310. The second kappa shape index (κ2) is 7.21. The van der Waals surface area contributed by atoms with Crippen LogP contribution in [0.25, 0.3) is 16.7 Å². The van der Waals surface area contributed by atoms with Gasteiger partial charge < -0.3 is 15.6 Å². The number of nitrogens with two attached hydrogens (primary N) is 1. The summed E-state index contributed by atoms with van der Waals surface area (Å²) < 4.78 is 6.20. The van der Waals surface area contributed by atoms with E-state index in [2.05, 4.69) is 25.4 Å². The second-order valence-electron chi connectivity index (χ2n) is 6.06. The molecule has 1 unspecified atom stereocenters. The van der Waals surface area contributed by atoms with E-state index in [1.807, 2.05) is 6.07 Å². The van der Waals surface area contributed by atoms with E-state index in [-0.39, 0.29) is 33.4 Å². The average Bonchev–Trinajstić information content (AvgIpc) is 3.22. The highest BCUT2D eigenvalue weighted by Gasteiger charge is 2.22. The smallest absolute Gasteiger partial charge is 0.268 e. The fourth-order valence-corrected chi connectivity index (χ4v) is 3.18. The first-order valence-electron chi connectivity index (χ1n) is 8.40. The molecule has 0 saturated heterocycles. The molecule has 4 rings (SSSR count). The van der Waals surface area contributed by atoms with Crippen molar-refractivity contribution >= 4 is 34.1 Å². The number of rotatable bonds is 4. The summed E-state index contributed by atoms with van der Waals surface area (Å²) in [6.07, 6.45) is 2.59. The molecule has 0 fully saturated rings. The zero-order chi connectivity index (χ0) is 20.5. The van der Waals surface area contributed by atoms with Crippen LogP contribution in [0.4, 0.5) is 11.6 Å². The summed E-state index contributed by atoms with van der Waals surface area (Å²) in [5, 5.41) is 16.8. The van der Waals surface area contributed by atoms with Crippen molar-refractivity contribution in [2.24, 2.45) is 0 Å². The predicted molar refractivity (Wildman–Crippen MR) is 106 cm³/mol. The van der Waals surface area contributed by atoms with E-state index >= 15 is 0 Å². The molecule has 29 heavy (non-hydrogen) atoms. The summed E-state index contributed by atoms with van der Waals surface area (Å²) in [6.45, 7) is 1.76. The monoisotopic (exact) mass is 408 g/mol. The zero-order valence-corrected chi connectivity index (χ0v) is 15.8. The van der Waals surface area contributed by atoms with Gasteiger partial charge in [-0.3, -0.25) is 4.79 Å². The van der Waals surface area contributed by atoms with Crippen molar-refractivity contribution < 1.29 is 4.52 Å². The number of hydrogen-bond donors (Lipinski definition) is 2. The Morgan fingerprint density at radius 3 is 2.90 bits per heavy atom. The minimum Gasteiger partial charge on any atom is -0.382 e. The Kier molecular flexibility index (Phi) is 4.58. The summed E-state index contributed by atoms with van der Waals surface area (Å²) in [5.41, 5.74) is 5.87. The fraction of sp³-hybridized carbons (Fsp3) is 0.111. The van der Waals surface area contributed by atoms with Gasteiger partial charge in [0.1, 0.15) is 41.7 Å². The minimum atomic E-state index is -0.566. The van der Waals surface area contributed by atoms with Crippen LogP contribution < -0.4 is 16.6 Å². The minimum absolute atomic E-state index is 0.0457. The van der Waals surface area contributed by atoms with Crippen LogP contribution in [0.5, 0.6) is 0 Å². The number of hydrogen-bond acceptors (Lipinski definition) is 9. The predicted octanol–water partition coefficient (Wildman–Crippen LogP) is 2.44. The maximum absolute atomic E-state index is 13.2. The van der Waals surface area contributed by atoms with E-state index in [1.165, 1.54) is 23.2 Å². The van der Waals surface area contributed by atoms with Gasteiger partial charge in [-0.25, -0.2) is 19.5 Å². The normalized spacial score (nSPS) is 11.9. The lowest BCUT2D eigenvalue weighted by Gasteiger charge is -2.19. The van der Waals surface area contributed by atoms with E-state index in [0.29, 0.717) is 11.3 Å². The third-order valence-corrected chi connectivity index (χ3v) is 4.57. The number of halogens is 1. The zero-order valence-electron chi connectivity index (χ0n) is 15.0. The van der Waals surface area contributed by atoms with E-state index in [4.69, 9.17) is 21.9 Å². The van der Waals surface area contributed by atoms with Crippen molar-refractivity contribution in [2.45, 2.75) is 13.0 Å². The van der Waals surface area contributed by atoms with E-state index in [0.717, 1.165) is 0 Å². The molecule has 1 atom stereocenters. The summed E-state index contributed by atoms with van der Waals surface area (Å²) in [7, 11) is 0. The highest BCUT2D eigenvalue weighted by molar-refractivity contribution is 6.35. The molecule has 0 amide bonds. The summed E-state index contributed by atoms with van der Waals surface area (Å²) in [4.78, 5) is 25.7. The maximum Gasteiger partial charge on any atom is 0.268 e. The Morgan fingerprint density at radius 2 is 2.17 bits per heavy atom. The van der Waals surface area contributed by atoms with Gasteiger partial charge in [-0.15, -0.1) is 0 Å².